The van der Waals surface area contributed by atoms with E-state index in [0.717, 1.165) is 6.42 Å². The second-order valence-corrected chi connectivity index (χ2v) is 5.35. The minimum absolute atomic E-state index is 0.248. The van der Waals surface area contributed by atoms with Crippen LogP contribution in [0.5, 0.6) is 0 Å². The molecule has 1 atom stereocenters. The zero-order chi connectivity index (χ0) is 8.98. The van der Waals surface area contributed by atoms with Crippen LogP contribution in [0, 0.1) is 10.8 Å². The number of hydrogen-bond donors (Lipinski definition) is 1. The van der Waals surface area contributed by atoms with Gasteiger partial charge in [-0.2, -0.15) is 0 Å². The van der Waals surface area contributed by atoms with E-state index in [1.165, 1.54) is 12.8 Å². The van der Waals surface area contributed by atoms with E-state index in [0.29, 0.717) is 16.9 Å². The van der Waals surface area contributed by atoms with Crippen LogP contribution >= 0.6 is 0 Å². The molecule has 2 rings (SSSR count). The molecule has 1 spiro atoms. The standard InChI is InChI=1S/C10H17NO/c1-7-10(4-8(12)11-7)5-9(2,3)6-10/h7H,4-6H2,1-3H3,(H,11,12). The lowest BCUT2D eigenvalue weighted by Gasteiger charge is -2.53. The number of carbonyl (C=O) groups is 1. The van der Waals surface area contributed by atoms with Gasteiger partial charge < -0.3 is 5.32 Å². The molecule has 12 heavy (non-hydrogen) atoms. The summed E-state index contributed by atoms with van der Waals surface area (Å²) in [5, 5.41) is 3.01. The molecule has 0 aromatic heterocycles. The fourth-order valence-corrected chi connectivity index (χ4v) is 3.20. The Morgan fingerprint density at radius 2 is 2.00 bits per heavy atom. The highest BCUT2D eigenvalue weighted by molar-refractivity contribution is 5.80. The quantitative estimate of drug-likeness (QED) is 0.584. The molecule has 0 aromatic carbocycles. The molecule has 0 bridgehead atoms. The van der Waals surface area contributed by atoms with Gasteiger partial charge in [0.2, 0.25) is 5.91 Å². The number of carbonyl (C=O) groups excluding carboxylic acids is 1. The lowest BCUT2D eigenvalue weighted by atomic mass is 9.52. The number of nitrogens with one attached hydrogen (secondary N) is 1. The Hall–Kier alpha value is -0.530. The summed E-state index contributed by atoms with van der Waals surface area (Å²) in [6.07, 6.45) is 3.18. The monoisotopic (exact) mass is 167 g/mol. The Morgan fingerprint density at radius 3 is 2.33 bits per heavy atom. The molecule has 1 amide bonds. The summed E-state index contributed by atoms with van der Waals surface area (Å²) in [5.74, 6) is 0.248. The van der Waals surface area contributed by atoms with Crippen molar-refractivity contribution in [1.82, 2.24) is 5.32 Å². The molecule has 1 aliphatic heterocycles. The zero-order valence-electron chi connectivity index (χ0n) is 8.11. The summed E-state index contributed by atoms with van der Waals surface area (Å²) in [5.41, 5.74) is 0.793. The topological polar surface area (TPSA) is 29.1 Å². The van der Waals surface area contributed by atoms with E-state index in [9.17, 15) is 4.79 Å². The Morgan fingerprint density at radius 1 is 1.42 bits per heavy atom. The van der Waals surface area contributed by atoms with Crippen molar-refractivity contribution in [3.8, 4) is 0 Å². The van der Waals surface area contributed by atoms with Crippen molar-refractivity contribution in [2.24, 2.45) is 10.8 Å². The van der Waals surface area contributed by atoms with Gasteiger partial charge in [-0.3, -0.25) is 4.79 Å². The molecule has 2 nitrogen and oxygen atoms in total. The Labute approximate surface area is 73.7 Å². The maximum Gasteiger partial charge on any atom is 0.220 e. The third kappa shape index (κ3) is 0.970. The fourth-order valence-electron chi connectivity index (χ4n) is 3.20. The van der Waals surface area contributed by atoms with Crippen LogP contribution in [-0.4, -0.2) is 11.9 Å². The fraction of sp³-hybridized carbons (Fsp3) is 0.900. The van der Waals surface area contributed by atoms with Crippen LogP contribution in [0.1, 0.15) is 40.0 Å². The summed E-state index contributed by atoms with van der Waals surface area (Å²) in [7, 11) is 0. The highest BCUT2D eigenvalue weighted by Gasteiger charge is 2.56. The first-order valence-corrected chi connectivity index (χ1v) is 4.73. The minimum atomic E-state index is 0.248. The first-order valence-electron chi connectivity index (χ1n) is 4.73. The SMILES string of the molecule is CC1NC(=O)CC12CC(C)(C)C2. The van der Waals surface area contributed by atoms with E-state index < -0.39 is 0 Å². The van der Waals surface area contributed by atoms with Crippen molar-refractivity contribution in [2.45, 2.75) is 46.1 Å². The van der Waals surface area contributed by atoms with Crippen molar-refractivity contribution in [3.63, 3.8) is 0 Å². The summed E-state index contributed by atoms with van der Waals surface area (Å²) in [6, 6.07) is 0.401. The third-order valence-electron chi connectivity index (χ3n) is 3.47. The van der Waals surface area contributed by atoms with Gasteiger partial charge in [0.1, 0.15) is 0 Å². The van der Waals surface area contributed by atoms with Gasteiger partial charge in [-0.1, -0.05) is 13.8 Å². The zero-order valence-corrected chi connectivity index (χ0v) is 8.11. The minimum Gasteiger partial charge on any atom is -0.353 e. The Balaban J connectivity index is 2.11. The molecule has 2 fully saturated rings. The summed E-state index contributed by atoms with van der Waals surface area (Å²) in [4.78, 5) is 11.2. The van der Waals surface area contributed by atoms with Crippen molar-refractivity contribution in [3.05, 3.63) is 0 Å². The molecule has 1 N–H and O–H groups in total. The molecule has 1 saturated carbocycles. The van der Waals surface area contributed by atoms with E-state index in [2.05, 4.69) is 26.1 Å². The normalized spacial score (nSPS) is 36.2. The van der Waals surface area contributed by atoms with Gasteiger partial charge in [0.25, 0.3) is 0 Å². The highest BCUT2D eigenvalue weighted by Crippen LogP contribution is 2.59. The van der Waals surface area contributed by atoms with Gasteiger partial charge in [0.05, 0.1) is 0 Å². The Kier molecular flexibility index (Phi) is 1.37. The van der Waals surface area contributed by atoms with Crippen LogP contribution in [0.3, 0.4) is 0 Å². The second-order valence-electron chi connectivity index (χ2n) is 5.35. The molecular formula is C10H17NO. The van der Waals surface area contributed by atoms with Crippen LogP contribution in [0.4, 0.5) is 0 Å². The third-order valence-corrected chi connectivity index (χ3v) is 3.47. The molecule has 68 valence electrons. The Bertz CT molecular complexity index is 224. The molecule has 1 aliphatic carbocycles. The van der Waals surface area contributed by atoms with E-state index in [-0.39, 0.29) is 5.91 Å². The average molecular weight is 167 g/mol. The predicted octanol–water partition coefficient (Wildman–Crippen LogP) is 1.70. The number of hydrogen-bond acceptors (Lipinski definition) is 1. The van der Waals surface area contributed by atoms with E-state index in [1.807, 2.05) is 0 Å². The molecule has 0 aromatic rings. The largest absolute Gasteiger partial charge is 0.353 e. The summed E-state index contributed by atoms with van der Waals surface area (Å²) in [6.45, 7) is 6.71. The van der Waals surface area contributed by atoms with Crippen LogP contribution in [0.15, 0.2) is 0 Å². The van der Waals surface area contributed by atoms with Crippen LogP contribution < -0.4 is 5.32 Å². The van der Waals surface area contributed by atoms with Gasteiger partial charge >= 0.3 is 0 Å². The lowest BCUT2D eigenvalue weighted by molar-refractivity contribution is -0.120. The molecule has 1 unspecified atom stereocenters. The van der Waals surface area contributed by atoms with Crippen LogP contribution in [-0.2, 0) is 4.79 Å². The van der Waals surface area contributed by atoms with Gasteiger partial charge in [0, 0.05) is 17.9 Å². The number of amides is 1. The van der Waals surface area contributed by atoms with Gasteiger partial charge in [-0.25, -0.2) is 0 Å². The predicted molar refractivity (Wildman–Crippen MR) is 47.7 cm³/mol. The van der Waals surface area contributed by atoms with E-state index in [4.69, 9.17) is 0 Å². The van der Waals surface area contributed by atoms with E-state index in [1.54, 1.807) is 0 Å². The molecule has 2 heteroatoms. The second kappa shape index (κ2) is 2.04. The molecule has 0 radical (unpaired) electrons. The molecule has 2 aliphatic rings. The van der Waals surface area contributed by atoms with Gasteiger partial charge in [-0.05, 0) is 25.2 Å². The van der Waals surface area contributed by atoms with E-state index >= 15 is 0 Å². The molecule has 1 heterocycles. The maximum absolute atomic E-state index is 11.2. The average Bonchev–Trinajstić information content (AvgIpc) is 2.04. The first kappa shape index (κ1) is 8.09. The molecular weight excluding hydrogens is 150 g/mol. The summed E-state index contributed by atoms with van der Waals surface area (Å²) >= 11 is 0. The highest BCUT2D eigenvalue weighted by atomic mass is 16.2. The van der Waals surface area contributed by atoms with Crippen molar-refractivity contribution >= 4 is 5.91 Å². The van der Waals surface area contributed by atoms with Crippen LogP contribution in [0.25, 0.3) is 0 Å². The molecule has 1 saturated heterocycles. The van der Waals surface area contributed by atoms with Gasteiger partial charge in [0.15, 0.2) is 0 Å². The summed E-state index contributed by atoms with van der Waals surface area (Å²) < 4.78 is 0. The van der Waals surface area contributed by atoms with Crippen molar-refractivity contribution < 1.29 is 4.79 Å². The van der Waals surface area contributed by atoms with Crippen molar-refractivity contribution in [1.29, 1.82) is 0 Å². The first-order chi connectivity index (χ1) is 5.44. The van der Waals surface area contributed by atoms with Gasteiger partial charge in [-0.15, -0.1) is 0 Å². The smallest absolute Gasteiger partial charge is 0.220 e. The number of rotatable bonds is 0. The lowest BCUT2D eigenvalue weighted by Crippen LogP contribution is -2.49. The van der Waals surface area contributed by atoms with Crippen molar-refractivity contribution in [2.75, 3.05) is 0 Å². The van der Waals surface area contributed by atoms with Crippen LogP contribution in [0.2, 0.25) is 0 Å². The maximum atomic E-state index is 11.2.